The molecule has 0 unspecified atom stereocenters. The van der Waals surface area contributed by atoms with Crippen LogP contribution in [0.1, 0.15) is 40.0 Å². The molecule has 16 heavy (non-hydrogen) atoms. The molecule has 4 atom stereocenters. The smallest absolute Gasteiger partial charge is 0.237 e. The Hall–Kier alpha value is -0.610. The lowest BCUT2D eigenvalue weighted by Crippen LogP contribution is -2.50. The van der Waals surface area contributed by atoms with E-state index in [0.29, 0.717) is 0 Å². The molecule has 0 saturated heterocycles. The van der Waals surface area contributed by atoms with Gasteiger partial charge < -0.3 is 16.2 Å². The van der Waals surface area contributed by atoms with Crippen LogP contribution >= 0.6 is 0 Å². The van der Waals surface area contributed by atoms with Crippen LogP contribution in [0.3, 0.4) is 0 Å². The van der Waals surface area contributed by atoms with Crippen LogP contribution in [0.4, 0.5) is 0 Å². The van der Waals surface area contributed by atoms with E-state index in [1.54, 1.807) is 0 Å². The lowest BCUT2D eigenvalue weighted by Gasteiger charge is -2.32. The quantitative estimate of drug-likeness (QED) is 0.663. The maximum Gasteiger partial charge on any atom is 0.237 e. The first-order chi connectivity index (χ1) is 7.41. The van der Waals surface area contributed by atoms with E-state index in [0.717, 1.165) is 19.3 Å². The molecule has 1 fully saturated rings. The van der Waals surface area contributed by atoms with Gasteiger partial charge in [0.1, 0.15) is 0 Å². The molecule has 94 valence electrons. The monoisotopic (exact) mass is 228 g/mol. The van der Waals surface area contributed by atoms with Gasteiger partial charge in [0.15, 0.2) is 0 Å². The predicted octanol–water partition coefficient (Wildman–Crippen LogP) is 0.635. The molecule has 0 radical (unpaired) electrons. The summed E-state index contributed by atoms with van der Waals surface area (Å²) in [7, 11) is 0. The number of nitrogens with two attached hydrogens (primary N) is 1. The average molecular weight is 228 g/mol. The van der Waals surface area contributed by atoms with E-state index in [1.807, 2.05) is 20.8 Å². The third-order valence-electron chi connectivity index (χ3n) is 3.49. The molecule has 0 aliphatic heterocycles. The Balaban J connectivity index is 2.40. The maximum absolute atomic E-state index is 11.7. The van der Waals surface area contributed by atoms with Crippen LogP contribution in [0.25, 0.3) is 0 Å². The molecule has 1 saturated carbocycles. The van der Waals surface area contributed by atoms with Gasteiger partial charge in [0.05, 0.1) is 12.1 Å². The minimum absolute atomic E-state index is 0.0661. The molecule has 0 spiro atoms. The molecular weight excluding hydrogens is 204 g/mol. The Labute approximate surface area is 97.6 Å². The van der Waals surface area contributed by atoms with Crippen molar-refractivity contribution in [2.24, 2.45) is 17.6 Å². The van der Waals surface area contributed by atoms with E-state index >= 15 is 0 Å². The molecule has 0 aromatic carbocycles. The number of aliphatic hydroxyl groups excluding tert-OH is 1. The molecule has 1 aliphatic rings. The normalized spacial score (nSPS) is 32.5. The highest BCUT2D eigenvalue weighted by Crippen LogP contribution is 2.24. The van der Waals surface area contributed by atoms with Crippen molar-refractivity contribution in [1.29, 1.82) is 0 Å². The van der Waals surface area contributed by atoms with E-state index in [9.17, 15) is 9.90 Å². The first-order valence-corrected chi connectivity index (χ1v) is 6.15. The van der Waals surface area contributed by atoms with E-state index < -0.39 is 6.04 Å². The standard InChI is InChI=1S/C12H24N2O2/c1-7(2)11(13)12(16)14-9-4-5-10(15)8(3)6-9/h7-11,15H,4-6,13H2,1-3H3,(H,14,16)/t8-,9+,10-,11+/m1/s1. The first kappa shape index (κ1) is 13.5. The fraction of sp³-hybridized carbons (Fsp3) is 0.917. The summed E-state index contributed by atoms with van der Waals surface area (Å²) < 4.78 is 0. The highest BCUT2D eigenvalue weighted by Gasteiger charge is 2.28. The van der Waals surface area contributed by atoms with Gasteiger partial charge in [-0.05, 0) is 31.1 Å². The summed E-state index contributed by atoms with van der Waals surface area (Å²) in [5.74, 6) is 0.351. The molecule has 1 aliphatic carbocycles. The van der Waals surface area contributed by atoms with Crippen molar-refractivity contribution in [3.8, 4) is 0 Å². The molecule has 1 rings (SSSR count). The highest BCUT2D eigenvalue weighted by atomic mass is 16.3. The Kier molecular flexibility index (Phi) is 4.74. The SMILES string of the molecule is CC(C)[C@H](N)C(=O)N[C@H]1CC[C@@H](O)[C@H](C)C1. The van der Waals surface area contributed by atoms with Crippen molar-refractivity contribution in [1.82, 2.24) is 5.32 Å². The fourth-order valence-corrected chi connectivity index (χ4v) is 2.11. The lowest BCUT2D eigenvalue weighted by atomic mass is 9.84. The number of rotatable bonds is 3. The summed E-state index contributed by atoms with van der Waals surface area (Å²) in [5, 5.41) is 12.6. The van der Waals surface area contributed by atoms with Gasteiger partial charge in [0, 0.05) is 6.04 Å². The van der Waals surface area contributed by atoms with Crippen molar-refractivity contribution < 1.29 is 9.90 Å². The van der Waals surface area contributed by atoms with Crippen LogP contribution in [0, 0.1) is 11.8 Å². The first-order valence-electron chi connectivity index (χ1n) is 6.15. The Morgan fingerprint density at radius 3 is 2.56 bits per heavy atom. The predicted molar refractivity (Wildman–Crippen MR) is 63.8 cm³/mol. The largest absolute Gasteiger partial charge is 0.393 e. The van der Waals surface area contributed by atoms with Crippen LogP contribution in [0.2, 0.25) is 0 Å². The van der Waals surface area contributed by atoms with Crippen molar-refractivity contribution in [2.45, 2.75) is 58.2 Å². The van der Waals surface area contributed by atoms with Gasteiger partial charge in [0.25, 0.3) is 0 Å². The Bertz CT molecular complexity index is 243. The van der Waals surface area contributed by atoms with Crippen LogP contribution in [-0.2, 0) is 4.79 Å². The summed E-state index contributed by atoms with van der Waals surface area (Å²) in [4.78, 5) is 11.7. The molecule has 0 bridgehead atoms. The lowest BCUT2D eigenvalue weighted by molar-refractivity contribution is -0.124. The van der Waals surface area contributed by atoms with E-state index in [-0.39, 0.29) is 29.9 Å². The molecule has 4 nitrogen and oxygen atoms in total. The van der Waals surface area contributed by atoms with Gasteiger partial charge in [-0.25, -0.2) is 0 Å². The van der Waals surface area contributed by atoms with Crippen molar-refractivity contribution in [3.05, 3.63) is 0 Å². The molecule has 0 aromatic rings. The van der Waals surface area contributed by atoms with Gasteiger partial charge in [-0.2, -0.15) is 0 Å². The van der Waals surface area contributed by atoms with Crippen molar-refractivity contribution >= 4 is 5.91 Å². The van der Waals surface area contributed by atoms with E-state index in [4.69, 9.17) is 5.73 Å². The Morgan fingerprint density at radius 1 is 1.44 bits per heavy atom. The van der Waals surface area contributed by atoms with Gasteiger partial charge in [0.2, 0.25) is 5.91 Å². The molecule has 0 heterocycles. The van der Waals surface area contributed by atoms with E-state index in [1.165, 1.54) is 0 Å². The minimum Gasteiger partial charge on any atom is -0.393 e. The van der Waals surface area contributed by atoms with Crippen LogP contribution in [-0.4, -0.2) is 29.2 Å². The zero-order valence-electron chi connectivity index (χ0n) is 10.4. The van der Waals surface area contributed by atoms with Crippen LogP contribution in [0.5, 0.6) is 0 Å². The number of amides is 1. The summed E-state index contributed by atoms with van der Waals surface area (Å²) in [6, 6.07) is -0.252. The Morgan fingerprint density at radius 2 is 2.06 bits per heavy atom. The second-order valence-electron chi connectivity index (χ2n) is 5.33. The molecule has 4 heteroatoms. The number of carbonyl (C=O) groups excluding carboxylic acids is 1. The number of aliphatic hydroxyl groups is 1. The average Bonchev–Trinajstić information content (AvgIpc) is 2.22. The number of nitrogens with one attached hydrogen (secondary N) is 1. The van der Waals surface area contributed by atoms with Gasteiger partial charge >= 0.3 is 0 Å². The highest BCUT2D eigenvalue weighted by molar-refractivity contribution is 5.82. The second-order valence-corrected chi connectivity index (χ2v) is 5.33. The summed E-state index contributed by atoms with van der Waals surface area (Å²) in [5.41, 5.74) is 5.78. The summed E-state index contributed by atoms with van der Waals surface area (Å²) in [6.45, 7) is 5.90. The number of hydrogen-bond acceptors (Lipinski definition) is 3. The zero-order chi connectivity index (χ0) is 12.3. The van der Waals surface area contributed by atoms with E-state index in [2.05, 4.69) is 5.32 Å². The summed E-state index contributed by atoms with van der Waals surface area (Å²) >= 11 is 0. The third kappa shape index (κ3) is 3.46. The van der Waals surface area contributed by atoms with Crippen LogP contribution < -0.4 is 11.1 Å². The molecule has 0 aromatic heterocycles. The minimum atomic E-state index is -0.429. The second kappa shape index (κ2) is 5.64. The molecular formula is C12H24N2O2. The van der Waals surface area contributed by atoms with Gasteiger partial charge in [-0.15, -0.1) is 0 Å². The van der Waals surface area contributed by atoms with Crippen LogP contribution in [0.15, 0.2) is 0 Å². The zero-order valence-corrected chi connectivity index (χ0v) is 10.4. The molecule has 4 N–H and O–H groups in total. The number of hydrogen-bond donors (Lipinski definition) is 3. The summed E-state index contributed by atoms with van der Waals surface area (Å²) in [6.07, 6.45) is 2.25. The van der Waals surface area contributed by atoms with Gasteiger partial charge in [-0.1, -0.05) is 20.8 Å². The van der Waals surface area contributed by atoms with Crippen molar-refractivity contribution in [3.63, 3.8) is 0 Å². The third-order valence-corrected chi connectivity index (χ3v) is 3.49. The fourth-order valence-electron chi connectivity index (χ4n) is 2.11. The molecule has 1 amide bonds. The maximum atomic E-state index is 11.7. The van der Waals surface area contributed by atoms with Crippen molar-refractivity contribution in [2.75, 3.05) is 0 Å². The van der Waals surface area contributed by atoms with Gasteiger partial charge in [-0.3, -0.25) is 4.79 Å². The number of carbonyl (C=O) groups is 1. The topological polar surface area (TPSA) is 75.4 Å².